The molecule has 19 heavy (non-hydrogen) atoms. The van der Waals surface area contributed by atoms with Gasteiger partial charge < -0.3 is 5.73 Å². The number of nitrogens with one attached hydrogen (secondary N) is 1. The Kier molecular flexibility index (Phi) is 4.02. The number of anilines is 2. The van der Waals surface area contributed by atoms with Gasteiger partial charge in [0.05, 0.1) is 11.4 Å². The number of nitrogen functional groups attached to an aromatic ring is 1. The number of hydrogen-bond acceptors (Lipinski definition) is 3. The summed E-state index contributed by atoms with van der Waals surface area (Å²) in [5.74, 6) is -0.287. The Morgan fingerprint density at radius 3 is 2.58 bits per heavy atom. The number of halogens is 2. The molecule has 5 heteroatoms. The topological polar surface area (TPSA) is 50.4 Å². The van der Waals surface area contributed by atoms with E-state index in [9.17, 15) is 4.39 Å². The van der Waals surface area contributed by atoms with Gasteiger partial charge in [-0.05, 0) is 49.4 Å². The monoisotopic (exact) mass is 277 g/mol. The Morgan fingerprint density at radius 2 is 1.89 bits per heavy atom. The van der Waals surface area contributed by atoms with Crippen molar-refractivity contribution >= 4 is 28.7 Å². The zero-order valence-corrected chi connectivity index (χ0v) is 11.1. The van der Waals surface area contributed by atoms with Gasteiger partial charge in [0.15, 0.2) is 0 Å². The van der Waals surface area contributed by atoms with Crippen molar-refractivity contribution in [2.24, 2.45) is 5.10 Å². The van der Waals surface area contributed by atoms with Crippen LogP contribution in [0.3, 0.4) is 0 Å². The molecule has 0 amide bonds. The molecule has 0 radical (unpaired) electrons. The van der Waals surface area contributed by atoms with Crippen LogP contribution < -0.4 is 11.2 Å². The zero-order valence-electron chi connectivity index (χ0n) is 10.3. The first-order chi connectivity index (χ1) is 9.06. The Morgan fingerprint density at radius 1 is 1.21 bits per heavy atom. The van der Waals surface area contributed by atoms with E-state index in [-0.39, 0.29) is 5.82 Å². The minimum Gasteiger partial charge on any atom is -0.398 e. The number of benzene rings is 2. The Labute approximate surface area is 115 Å². The smallest absolute Gasteiger partial charge is 0.123 e. The summed E-state index contributed by atoms with van der Waals surface area (Å²) >= 11 is 5.92. The van der Waals surface area contributed by atoms with E-state index in [4.69, 9.17) is 17.3 Å². The Balaban J connectivity index is 2.19. The zero-order chi connectivity index (χ0) is 13.8. The largest absolute Gasteiger partial charge is 0.398 e. The fourth-order valence-electron chi connectivity index (χ4n) is 1.57. The summed E-state index contributed by atoms with van der Waals surface area (Å²) in [5.41, 5.74) is 11.5. The second kappa shape index (κ2) is 5.71. The first-order valence-corrected chi connectivity index (χ1v) is 6.05. The highest BCUT2D eigenvalue weighted by Gasteiger charge is 2.04. The van der Waals surface area contributed by atoms with Crippen molar-refractivity contribution < 1.29 is 4.39 Å². The summed E-state index contributed by atoms with van der Waals surface area (Å²) in [6, 6.07) is 11.1. The summed E-state index contributed by atoms with van der Waals surface area (Å²) in [4.78, 5) is 0. The molecule has 2 aromatic rings. The molecule has 0 unspecified atom stereocenters. The number of nitrogens with zero attached hydrogens (tertiary/aromatic N) is 1. The fraction of sp³-hybridized carbons (Fsp3) is 0.0714. The standard InChI is InChI=1S/C14H13ClFN3/c1-9(13-8-10(15)2-7-14(13)17)18-19-12-5-3-11(16)4-6-12/h2-8,19H,17H2,1H3/b18-9+. The van der Waals surface area contributed by atoms with Crippen molar-refractivity contribution in [1.29, 1.82) is 0 Å². The first kappa shape index (κ1) is 13.4. The molecule has 0 heterocycles. The van der Waals surface area contributed by atoms with Crippen LogP contribution in [-0.2, 0) is 0 Å². The van der Waals surface area contributed by atoms with Gasteiger partial charge >= 0.3 is 0 Å². The van der Waals surface area contributed by atoms with Gasteiger partial charge in [-0.3, -0.25) is 5.43 Å². The molecule has 0 spiro atoms. The lowest BCUT2D eigenvalue weighted by Gasteiger charge is -2.07. The molecule has 0 saturated heterocycles. The van der Waals surface area contributed by atoms with Crippen molar-refractivity contribution in [1.82, 2.24) is 0 Å². The number of hydrogen-bond donors (Lipinski definition) is 2. The third kappa shape index (κ3) is 3.45. The Bertz CT molecular complexity index is 609. The molecule has 2 aromatic carbocycles. The lowest BCUT2D eigenvalue weighted by Crippen LogP contribution is -2.03. The average molecular weight is 278 g/mol. The average Bonchev–Trinajstić information content (AvgIpc) is 2.40. The van der Waals surface area contributed by atoms with E-state index in [1.54, 1.807) is 30.3 Å². The van der Waals surface area contributed by atoms with Gasteiger partial charge in [0.25, 0.3) is 0 Å². The van der Waals surface area contributed by atoms with Gasteiger partial charge in [-0.2, -0.15) is 5.10 Å². The molecule has 0 aliphatic carbocycles. The van der Waals surface area contributed by atoms with Crippen LogP contribution in [0.4, 0.5) is 15.8 Å². The molecule has 2 rings (SSSR count). The van der Waals surface area contributed by atoms with Gasteiger partial charge in [-0.15, -0.1) is 0 Å². The van der Waals surface area contributed by atoms with E-state index in [0.29, 0.717) is 22.1 Å². The minimum absolute atomic E-state index is 0.287. The van der Waals surface area contributed by atoms with E-state index < -0.39 is 0 Å². The van der Waals surface area contributed by atoms with Crippen LogP contribution in [0.1, 0.15) is 12.5 Å². The number of rotatable bonds is 3. The summed E-state index contributed by atoms with van der Waals surface area (Å²) < 4.78 is 12.8. The molecule has 0 aliphatic rings. The maximum Gasteiger partial charge on any atom is 0.123 e. The molecule has 0 bridgehead atoms. The maximum absolute atomic E-state index is 12.8. The molecule has 0 aliphatic heterocycles. The molecule has 0 fully saturated rings. The normalized spacial score (nSPS) is 11.4. The third-order valence-corrected chi connectivity index (χ3v) is 2.84. The third-order valence-electron chi connectivity index (χ3n) is 2.60. The van der Waals surface area contributed by atoms with Gasteiger partial charge in [0.1, 0.15) is 5.82 Å². The van der Waals surface area contributed by atoms with Gasteiger partial charge in [-0.25, -0.2) is 4.39 Å². The van der Waals surface area contributed by atoms with Gasteiger partial charge in [0, 0.05) is 16.3 Å². The van der Waals surface area contributed by atoms with Gasteiger partial charge in [0.2, 0.25) is 0 Å². The van der Waals surface area contributed by atoms with Crippen molar-refractivity contribution in [3.63, 3.8) is 0 Å². The van der Waals surface area contributed by atoms with Crippen LogP contribution in [0.25, 0.3) is 0 Å². The molecule has 98 valence electrons. The number of hydrazone groups is 1. The van der Waals surface area contributed by atoms with E-state index in [2.05, 4.69) is 10.5 Å². The van der Waals surface area contributed by atoms with E-state index >= 15 is 0 Å². The van der Waals surface area contributed by atoms with Crippen LogP contribution in [0.5, 0.6) is 0 Å². The second-order valence-corrected chi connectivity index (χ2v) is 4.48. The maximum atomic E-state index is 12.8. The molecule has 0 saturated carbocycles. The van der Waals surface area contributed by atoms with Crippen LogP contribution in [-0.4, -0.2) is 5.71 Å². The summed E-state index contributed by atoms with van der Waals surface area (Å²) in [5, 5.41) is 4.80. The highest BCUT2D eigenvalue weighted by Crippen LogP contribution is 2.19. The highest BCUT2D eigenvalue weighted by atomic mass is 35.5. The second-order valence-electron chi connectivity index (χ2n) is 4.05. The van der Waals surface area contributed by atoms with Crippen molar-refractivity contribution in [3.05, 3.63) is 58.9 Å². The summed E-state index contributed by atoms with van der Waals surface area (Å²) in [7, 11) is 0. The quantitative estimate of drug-likeness (QED) is 0.508. The predicted octanol–water partition coefficient (Wildman–Crippen LogP) is 3.90. The lowest BCUT2D eigenvalue weighted by molar-refractivity contribution is 0.628. The fourth-order valence-corrected chi connectivity index (χ4v) is 1.75. The van der Waals surface area contributed by atoms with Crippen molar-refractivity contribution in [2.45, 2.75) is 6.92 Å². The van der Waals surface area contributed by atoms with E-state index in [0.717, 1.165) is 5.56 Å². The van der Waals surface area contributed by atoms with Crippen LogP contribution in [0, 0.1) is 5.82 Å². The minimum atomic E-state index is -0.287. The predicted molar refractivity (Wildman–Crippen MR) is 78.1 cm³/mol. The summed E-state index contributed by atoms with van der Waals surface area (Å²) in [6.07, 6.45) is 0. The number of nitrogens with two attached hydrogens (primary N) is 1. The van der Waals surface area contributed by atoms with Crippen molar-refractivity contribution in [2.75, 3.05) is 11.2 Å². The highest BCUT2D eigenvalue weighted by molar-refractivity contribution is 6.31. The summed E-state index contributed by atoms with van der Waals surface area (Å²) in [6.45, 7) is 1.82. The first-order valence-electron chi connectivity index (χ1n) is 5.67. The van der Waals surface area contributed by atoms with Crippen molar-refractivity contribution in [3.8, 4) is 0 Å². The van der Waals surface area contributed by atoms with Crippen LogP contribution >= 0.6 is 11.6 Å². The molecule has 0 aromatic heterocycles. The van der Waals surface area contributed by atoms with Gasteiger partial charge in [-0.1, -0.05) is 11.6 Å². The van der Waals surface area contributed by atoms with E-state index in [1.165, 1.54) is 12.1 Å². The SMILES string of the molecule is C/C(=N\Nc1ccc(F)cc1)c1cc(Cl)ccc1N. The van der Waals surface area contributed by atoms with Crippen LogP contribution in [0.2, 0.25) is 5.02 Å². The van der Waals surface area contributed by atoms with Crippen LogP contribution in [0.15, 0.2) is 47.6 Å². The molecule has 0 atom stereocenters. The molecule has 3 N–H and O–H groups in total. The molecular weight excluding hydrogens is 265 g/mol. The lowest BCUT2D eigenvalue weighted by atomic mass is 10.1. The Hall–Kier alpha value is -2.07. The molecular formula is C14H13ClFN3. The van der Waals surface area contributed by atoms with E-state index in [1.807, 2.05) is 6.92 Å². The molecule has 3 nitrogen and oxygen atoms in total.